The molecule has 0 atom stereocenters. The van der Waals surface area contributed by atoms with E-state index < -0.39 is 0 Å². The standard InChI is InChI=1S/C18H18ClN3O2S2/c1-10-11(2)26-16-15(10)17(24)22(14-6-4-13(19)5-7-14)18(21-16)25-9-8-20-12(3)23/h4-7H,8-9H2,1-3H3,(H,20,23). The summed E-state index contributed by atoms with van der Waals surface area (Å²) >= 11 is 8.96. The maximum Gasteiger partial charge on any atom is 0.267 e. The third-order valence-electron chi connectivity index (χ3n) is 3.96. The minimum absolute atomic E-state index is 0.0754. The van der Waals surface area contributed by atoms with E-state index in [0.29, 0.717) is 27.9 Å². The largest absolute Gasteiger partial charge is 0.356 e. The number of nitrogens with zero attached hydrogens (tertiary/aromatic N) is 2. The summed E-state index contributed by atoms with van der Waals surface area (Å²) in [6.07, 6.45) is 0. The van der Waals surface area contributed by atoms with Crippen molar-refractivity contribution >= 4 is 50.8 Å². The molecule has 0 aliphatic carbocycles. The summed E-state index contributed by atoms with van der Waals surface area (Å²) in [7, 11) is 0. The van der Waals surface area contributed by atoms with Gasteiger partial charge in [0.05, 0.1) is 11.1 Å². The molecule has 0 spiro atoms. The summed E-state index contributed by atoms with van der Waals surface area (Å²) < 4.78 is 1.62. The van der Waals surface area contributed by atoms with Crippen LogP contribution in [-0.4, -0.2) is 27.8 Å². The van der Waals surface area contributed by atoms with Crippen LogP contribution in [0.4, 0.5) is 0 Å². The molecule has 0 unspecified atom stereocenters. The molecule has 5 nitrogen and oxygen atoms in total. The summed E-state index contributed by atoms with van der Waals surface area (Å²) in [4.78, 5) is 30.8. The Hall–Kier alpha value is -1.83. The normalized spacial score (nSPS) is 11.1. The van der Waals surface area contributed by atoms with Crippen molar-refractivity contribution in [1.29, 1.82) is 0 Å². The Kier molecular flexibility index (Phi) is 5.70. The Morgan fingerprint density at radius 2 is 2.00 bits per heavy atom. The Morgan fingerprint density at radius 3 is 2.65 bits per heavy atom. The van der Waals surface area contributed by atoms with Gasteiger partial charge in [0.1, 0.15) is 4.83 Å². The van der Waals surface area contributed by atoms with Gasteiger partial charge in [0.25, 0.3) is 5.56 Å². The van der Waals surface area contributed by atoms with E-state index in [4.69, 9.17) is 16.6 Å². The average Bonchev–Trinajstić information content (AvgIpc) is 2.87. The maximum atomic E-state index is 13.2. The third-order valence-corrected chi connectivity index (χ3v) is 6.26. The number of thiophene rings is 1. The number of amides is 1. The highest BCUT2D eigenvalue weighted by Crippen LogP contribution is 2.29. The number of aromatic nitrogens is 2. The van der Waals surface area contributed by atoms with Crippen molar-refractivity contribution in [3.8, 4) is 5.69 Å². The maximum absolute atomic E-state index is 13.2. The first-order valence-corrected chi connectivity index (χ1v) is 10.2. The number of carbonyl (C=O) groups excluding carboxylic acids is 1. The van der Waals surface area contributed by atoms with Crippen LogP contribution in [0.2, 0.25) is 5.02 Å². The number of halogens is 1. The lowest BCUT2D eigenvalue weighted by molar-refractivity contribution is -0.118. The SMILES string of the molecule is CC(=O)NCCSc1nc2sc(C)c(C)c2c(=O)n1-c1ccc(Cl)cc1. The smallest absolute Gasteiger partial charge is 0.267 e. The van der Waals surface area contributed by atoms with Crippen molar-refractivity contribution in [3.63, 3.8) is 0 Å². The molecule has 0 radical (unpaired) electrons. The highest BCUT2D eigenvalue weighted by Gasteiger charge is 2.18. The fourth-order valence-corrected chi connectivity index (χ4v) is 4.62. The number of aryl methyl sites for hydroxylation is 2. The van der Waals surface area contributed by atoms with Crippen molar-refractivity contribution in [2.45, 2.75) is 25.9 Å². The van der Waals surface area contributed by atoms with Crippen LogP contribution in [0.3, 0.4) is 0 Å². The summed E-state index contributed by atoms with van der Waals surface area (Å²) in [5.41, 5.74) is 1.61. The average molecular weight is 408 g/mol. The van der Waals surface area contributed by atoms with Crippen molar-refractivity contribution < 1.29 is 4.79 Å². The number of benzene rings is 1. The number of hydrogen-bond acceptors (Lipinski definition) is 5. The number of rotatable bonds is 5. The zero-order valence-electron chi connectivity index (χ0n) is 14.6. The molecule has 2 heterocycles. The number of thioether (sulfide) groups is 1. The zero-order chi connectivity index (χ0) is 18.8. The van der Waals surface area contributed by atoms with Gasteiger partial charge in [0.15, 0.2) is 5.16 Å². The van der Waals surface area contributed by atoms with Crippen molar-refractivity contribution in [2.24, 2.45) is 0 Å². The van der Waals surface area contributed by atoms with Crippen LogP contribution in [0.5, 0.6) is 0 Å². The van der Waals surface area contributed by atoms with Crippen LogP contribution in [-0.2, 0) is 4.79 Å². The minimum atomic E-state index is -0.0822. The number of fused-ring (bicyclic) bond motifs is 1. The van der Waals surface area contributed by atoms with E-state index in [2.05, 4.69) is 5.32 Å². The predicted octanol–water partition coefficient (Wildman–Crippen LogP) is 3.95. The molecule has 0 bridgehead atoms. The van der Waals surface area contributed by atoms with Gasteiger partial charge >= 0.3 is 0 Å². The molecule has 0 saturated carbocycles. The van der Waals surface area contributed by atoms with Gasteiger partial charge < -0.3 is 5.32 Å². The van der Waals surface area contributed by atoms with Crippen LogP contribution in [0.1, 0.15) is 17.4 Å². The molecule has 1 amide bonds. The monoisotopic (exact) mass is 407 g/mol. The van der Waals surface area contributed by atoms with Gasteiger partial charge in [0, 0.05) is 29.1 Å². The van der Waals surface area contributed by atoms with Gasteiger partial charge in [-0.3, -0.25) is 14.2 Å². The van der Waals surface area contributed by atoms with Crippen LogP contribution in [0, 0.1) is 13.8 Å². The Bertz CT molecular complexity index is 1030. The van der Waals surface area contributed by atoms with Gasteiger partial charge in [-0.1, -0.05) is 23.4 Å². The number of nitrogens with one attached hydrogen (secondary N) is 1. The number of carbonyl (C=O) groups is 1. The molecular formula is C18H18ClN3O2S2. The highest BCUT2D eigenvalue weighted by molar-refractivity contribution is 7.99. The molecule has 8 heteroatoms. The van der Waals surface area contributed by atoms with E-state index in [-0.39, 0.29) is 11.5 Å². The van der Waals surface area contributed by atoms with Gasteiger partial charge in [-0.15, -0.1) is 11.3 Å². The lowest BCUT2D eigenvalue weighted by atomic mass is 10.2. The third kappa shape index (κ3) is 3.79. The molecule has 0 saturated heterocycles. The first-order valence-electron chi connectivity index (χ1n) is 8.04. The van der Waals surface area contributed by atoms with E-state index in [1.54, 1.807) is 16.7 Å². The van der Waals surface area contributed by atoms with E-state index in [9.17, 15) is 9.59 Å². The molecule has 1 N–H and O–H groups in total. The molecule has 136 valence electrons. The van der Waals surface area contributed by atoms with Crippen molar-refractivity contribution in [2.75, 3.05) is 12.3 Å². The van der Waals surface area contributed by atoms with E-state index in [1.807, 2.05) is 26.0 Å². The van der Waals surface area contributed by atoms with Crippen LogP contribution in [0.15, 0.2) is 34.2 Å². The van der Waals surface area contributed by atoms with E-state index in [0.717, 1.165) is 21.0 Å². The lowest BCUT2D eigenvalue weighted by Gasteiger charge is -2.12. The Labute approximate surface area is 164 Å². The molecule has 3 rings (SSSR count). The minimum Gasteiger partial charge on any atom is -0.356 e. The molecular weight excluding hydrogens is 390 g/mol. The molecule has 1 aromatic carbocycles. The quantitative estimate of drug-likeness (QED) is 0.395. The fraction of sp³-hybridized carbons (Fsp3) is 0.278. The first-order chi connectivity index (χ1) is 12.4. The van der Waals surface area contributed by atoms with E-state index >= 15 is 0 Å². The second-order valence-corrected chi connectivity index (χ2v) is 8.51. The van der Waals surface area contributed by atoms with Crippen molar-refractivity contribution in [1.82, 2.24) is 14.9 Å². The summed E-state index contributed by atoms with van der Waals surface area (Å²) in [5, 5.41) is 4.64. The fourth-order valence-electron chi connectivity index (χ4n) is 2.56. The Balaban J connectivity index is 2.11. The molecule has 0 aliphatic rings. The zero-order valence-corrected chi connectivity index (χ0v) is 17.0. The second kappa shape index (κ2) is 7.82. The first kappa shape index (κ1) is 18.9. The van der Waals surface area contributed by atoms with Crippen LogP contribution >= 0.6 is 34.7 Å². The van der Waals surface area contributed by atoms with Crippen molar-refractivity contribution in [3.05, 3.63) is 50.1 Å². The molecule has 3 aromatic rings. The molecule has 2 aromatic heterocycles. The summed E-state index contributed by atoms with van der Waals surface area (Å²) in [6, 6.07) is 7.13. The van der Waals surface area contributed by atoms with Gasteiger partial charge in [-0.2, -0.15) is 0 Å². The second-order valence-electron chi connectivity index (χ2n) is 5.81. The van der Waals surface area contributed by atoms with Gasteiger partial charge in [-0.25, -0.2) is 4.98 Å². The van der Waals surface area contributed by atoms with Crippen LogP contribution < -0.4 is 10.9 Å². The highest BCUT2D eigenvalue weighted by atomic mass is 35.5. The summed E-state index contributed by atoms with van der Waals surface area (Å²) in [5.74, 6) is 0.544. The van der Waals surface area contributed by atoms with Gasteiger partial charge in [0.2, 0.25) is 5.91 Å². The van der Waals surface area contributed by atoms with Gasteiger partial charge in [-0.05, 0) is 43.7 Å². The molecule has 0 aliphatic heterocycles. The topological polar surface area (TPSA) is 64.0 Å². The lowest BCUT2D eigenvalue weighted by Crippen LogP contribution is -2.24. The van der Waals surface area contributed by atoms with Crippen LogP contribution in [0.25, 0.3) is 15.9 Å². The molecule has 0 fully saturated rings. The summed E-state index contributed by atoms with van der Waals surface area (Å²) in [6.45, 7) is 5.94. The predicted molar refractivity (Wildman–Crippen MR) is 109 cm³/mol. The van der Waals surface area contributed by atoms with E-state index in [1.165, 1.54) is 30.0 Å². The molecule has 26 heavy (non-hydrogen) atoms. The Morgan fingerprint density at radius 1 is 1.31 bits per heavy atom. The number of hydrogen-bond donors (Lipinski definition) is 1.